The van der Waals surface area contributed by atoms with Gasteiger partial charge in [-0.2, -0.15) is 0 Å². The SMILES string of the molecule is CCC[C@H]1CC[C@H]([C@H]2CC[C@H](OCCC[Si](Cl)(Cl)Cl)CC2)CC1. The first-order valence-corrected chi connectivity index (χ1v) is 14.9. The third kappa shape index (κ3) is 7.86. The molecule has 5 heteroatoms. The Kier molecular flexibility index (Phi) is 9.08. The smallest absolute Gasteiger partial charge is 0.341 e. The summed E-state index contributed by atoms with van der Waals surface area (Å²) < 4.78 is 6.01. The Morgan fingerprint density at radius 2 is 1.43 bits per heavy atom. The van der Waals surface area contributed by atoms with Crippen molar-refractivity contribution >= 4 is 39.2 Å². The number of ether oxygens (including phenoxy) is 1. The Labute approximate surface area is 157 Å². The van der Waals surface area contributed by atoms with Crippen LogP contribution in [0.3, 0.4) is 0 Å². The highest BCUT2D eigenvalue weighted by atomic mass is 35.8. The molecular formula is C18H33Cl3OSi. The lowest BCUT2D eigenvalue weighted by Gasteiger charge is -2.37. The molecule has 0 atom stereocenters. The third-order valence-electron chi connectivity index (χ3n) is 5.93. The first-order valence-electron chi connectivity index (χ1n) is 9.66. The molecule has 0 aliphatic heterocycles. The first kappa shape index (κ1) is 20.4. The van der Waals surface area contributed by atoms with Gasteiger partial charge in [0.25, 0.3) is 0 Å². The van der Waals surface area contributed by atoms with Crippen LogP contribution in [0.4, 0.5) is 0 Å². The molecule has 2 aliphatic rings. The van der Waals surface area contributed by atoms with Gasteiger partial charge in [-0.05, 0) is 68.7 Å². The Morgan fingerprint density at radius 1 is 0.870 bits per heavy atom. The maximum Gasteiger partial charge on any atom is 0.341 e. The van der Waals surface area contributed by atoms with E-state index in [1.54, 1.807) is 0 Å². The molecular weight excluding hydrogens is 367 g/mol. The van der Waals surface area contributed by atoms with Gasteiger partial charge in [-0.3, -0.25) is 0 Å². The Hall–Kier alpha value is 1.05. The van der Waals surface area contributed by atoms with Crippen molar-refractivity contribution in [2.24, 2.45) is 17.8 Å². The zero-order valence-corrected chi connectivity index (χ0v) is 17.8. The van der Waals surface area contributed by atoms with Crippen molar-refractivity contribution in [2.45, 2.75) is 89.7 Å². The van der Waals surface area contributed by atoms with Crippen LogP contribution in [0.5, 0.6) is 0 Å². The molecule has 1 nitrogen and oxygen atoms in total. The fourth-order valence-corrected chi connectivity index (χ4v) is 6.35. The van der Waals surface area contributed by atoms with Crippen LogP contribution in [0.25, 0.3) is 0 Å². The molecule has 0 aromatic heterocycles. The summed E-state index contributed by atoms with van der Waals surface area (Å²) in [5.41, 5.74) is 0. The Morgan fingerprint density at radius 3 is 1.96 bits per heavy atom. The molecule has 0 saturated heterocycles. The van der Waals surface area contributed by atoms with Crippen molar-refractivity contribution in [1.82, 2.24) is 0 Å². The number of hydrogen-bond donors (Lipinski definition) is 0. The van der Waals surface area contributed by atoms with Gasteiger partial charge < -0.3 is 4.74 Å². The molecule has 0 spiro atoms. The van der Waals surface area contributed by atoms with Gasteiger partial charge in [0.05, 0.1) is 6.10 Å². The number of hydrogen-bond acceptors (Lipinski definition) is 1. The van der Waals surface area contributed by atoms with Crippen molar-refractivity contribution in [2.75, 3.05) is 6.61 Å². The van der Waals surface area contributed by atoms with Crippen molar-refractivity contribution in [1.29, 1.82) is 0 Å². The standard InChI is InChI=1S/C18H33Cl3OSi/c1-2-4-15-5-7-16(8-6-15)17-9-11-18(12-10-17)22-13-3-14-23(19,20)21/h15-18H,2-14H2,1H3/t15-,16-,17-,18-. The van der Waals surface area contributed by atoms with Gasteiger partial charge in [0.15, 0.2) is 0 Å². The fourth-order valence-electron chi connectivity index (χ4n) is 4.61. The van der Waals surface area contributed by atoms with E-state index in [0.717, 1.165) is 30.8 Å². The molecule has 2 rings (SSSR count). The summed E-state index contributed by atoms with van der Waals surface area (Å²) in [7, 11) is 0. The summed E-state index contributed by atoms with van der Waals surface area (Å²) in [6.07, 6.45) is 15.3. The minimum atomic E-state index is -2.45. The summed E-state index contributed by atoms with van der Waals surface area (Å²) in [4.78, 5) is 0. The molecule has 0 radical (unpaired) electrons. The second kappa shape index (κ2) is 10.3. The predicted molar refractivity (Wildman–Crippen MR) is 105 cm³/mol. The molecule has 0 N–H and O–H groups in total. The van der Waals surface area contributed by atoms with E-state index in [0.29, 0.717) is 12.1 Å². The van der Waals surface area contributed by atoms with Gasteiger partial charge in [0, 0.05) is 6.61 Å². The van der Waals surface area contributed by atoms with Crippen LogP contribution in [-0.4, -0.2) is 18.7 Å². The van der Waals surface area contributed by atoms with E-state index < -0.39 is 6.00 Å². The topological polar surface area (TPSA) is 9.23 Å². The Bertz CT molecular complexity index is 319. The van der Waals surface area contributed by atoms with Crippen LogP contribution in [0.15, 0.2) is 0 Å². The molecule has 23 heavy (non-hydrogen) atoms. The van der Waals surface area contributed by atoms with Gasteiger partial charge in [-0.15, -0.1) is 33.2 Å². The van der Waals surface area contributed by atoms with Gasteiger partial charge in [0.1, 0.15) is 0 Å². The number of rotatable bonds is 8. The predicted octanol–water partition coefficient (Wildman–Crippen LogP) is 7.21. The van der Waals surface area contributed by atoms with Crippen LogP contribution in [0, 0.1) is 17.8 Å². The molecule has 0 unspecified atom stereocenters. The lowest BCUT2D eigenvalue weighted by molar-refractivity contribution is 0.00728. The lowest BCUT2D eigenvalue weighted by Crippen LogP contribution is -2.29. The molecule has 0 aromatic rings. The molecule has 136 valence electrons. The van der Waals surface area contributed by atoms with Crippen LogP contribution in [0.2, 0.25) is 6.04 Å². The van der Waals surface area contributed by atoms with Crippen LogP contribution in [0.1, 0.15) is 77.6 Å². The highest BCUT2D eigenvalue weighted by Gasteiger charge is 2.31. The minimum Gasteiger partial charge on any atom is -0.378 e. The monoisotopic (exact) mass is 398 g/mol. The maximum atomic E-state index is 6.01. The summed E-state index contributed by atoms with van der Waals surface area (Å²) >= 11 is 17.7. The molecule has 2 saturated carbocycles. The highest BCUT2D eigenvalue weighted by molar-refractivity contribution is 7.64. The molecule has 2 aliphatic carbocycles. The average Bonchev–Trinajstić information content (AvgIpc) is 2.52. The highest BCUT2D eigenvalue weighted by Crippen LogP contribution is 2.41. The van der Waals surface area contributed by atoms with Crippen molar-refractivity contribution in [3.63, 3.8) is 0 Å². The number of halogens is 3. The van der Waals surface area contributed by atoms with Crippen LogP contribution in [-0.2, 0) is 4.74 Å². The molecule has 0 aromatic carbocycles. The summed E-state index contributed by atoms with van der Waals surface area (Å²) in [5.74, 6) is 2.99. The zero-order valence-electron chi connectivity index (χ0n) is 14.5. The summed E-state index contributed by atoms with van der Waals surface area (Å²) in [6, 6.07) is -1.74. The summed E-state index contributed by atoms with van der Waals surface area (Å²) in [6.45, 7) is 3.08. The average molecular weight is 400 g/mol. The Balaban J connectivity index is 1.57. The van der Waals surface area contributed by atoms with Crippen LogP contribution < -0.4 is 0 Å². The van der Waals surface area contributed by atoms with Gasteiger partial charge in [0.2, 0.25) is 0 Å². The van der Waals surface area contributed by atoms with E-state index in [4.69, 9.17) is 38.0 Å². The maximum absolute atomic E-state index is 6.01. The summed E-state index contributed by atoms with van der Waals surface area (Å²) in [5, 5.41) is 0. The van der Waals surface area contributed by atoms with E-state index in [2.05, 4.69) is 6.92 Å². The lowest BCUT2D eigenvalue weighted by atomic mass is 9.70. The second-order valence-corrected chi connectivity index (χ2v) is 17.0. The molecule has 0 amide bonds. The van der Waals surface area contributed by atoms with E-state index in [9.17, 15) is 0 Å². The van der Waals surface area contributed by atoms with E-state index in [-0.39, 0.29) is 0 Å². The molecule has 0 bridgehead atoms. The van der Waals surface area contributed by atoms with Crippen LogP contribution >= 0.6 is 33.2 Å². The van der Waals surface area contributed by atoms with Gasteiger partial charge >= 0.3 is 6.00 Å². The molecule has 0 heterocycles. The first-order chi connectivity index (χ1) is 11.0. The minimum absolute atomic E-state index is 0.458. The zero-order chi connectivity index (χ0) is 16.7. The van der Waals surface area contributed by atoms with Gasteiger partial charge in [-0.25, -0.2) is 0 Å². The van der Waals surface area contributed by atoms with Crippen molar-refractivity contribution in [3.05, 3.63) is 0 Å². The van der Waals surface area contributed by atoms with E-state index >= 15 is 0 Å². The van der Waals surface area contributed by atoms with Gasteiger partial charge in [-0.1, -0.05) is 32.6 Å². The second-order valence-electron chi connectivity index (χ2n) is 7.70. The normalized spacial score (nSPS) is 32.9. The van der Waals surface area contributed by atoms with Crippen molar-refractivity contribution < 1.29 is 4.74 Å². The largest absolute Gasteiger partial charge is 0.378 e. The van der Waals surface area contributed by atoms with E-state index in [1.165, 1.54) is 64.2 Å². The van der Waals surface area contributed by atoms with E-state index in [1.807, 2.05) is 0 Å². The third-order valence-corrected chi connectivity index (χ3v) is 8.55. The quantitative estimate of drug-likeness (QED) is 0.238. The fraction of sp³-hybridized carbons (Fsp3) is 1.00. The molecule has 2 fully saturated rings. The van der Waals surface area contributed by atoms with Crippen molar-refractivity contribution in [3.8, 4) is 0 Å².